The lowest BCUT2D eigenvalue weighted by atomic mass is 10.2. The number of nitrogens with zero attached hydrogens (tertiary/aromatic N) is 2. The number of piperazine rings is 1. The lowest BCUT2D eigenvalue weighted by molar-refractivity contribution is -0.189. The van der Waals surface area contributed by atoms with Crippen LogP contribution in [0.5, 0.6) is 0 Å². The molecule has 0 radical (unpaired) electrons. The van der Waals surface area contributed by atoms with Crippen molar-refractivity contribution in [1.82, 2.24) is 10.0 Å². The Kier molecular flexibility index (Phi) is 3.14. The van der Waals surface area contributed by atoms with Gasteiger partial charge in [-0.2, -0.15) is 0 Å². The molecule has 2 saturated heterocycles. The SMILES string of the molecule is C1CN2CCN12.CC(=O)c1ccccc1. The number of Topliss-reactive ketones (excluding diaryl/α,β-unsaturated/α-hetero) is 1. The topological polar surface area (TPSA) is 23.6 Å². The van der Waals surface area contributed by atoms with Gasteiger partial charge in [0.1, 0.15) is 0 Å². The first-order valence-corrected chi connectivity index (χ1v) is 5.33. The zero-order chi connectivity index (χ0) is 10.7. The molecule has 1 aromatic carbocycles. The van der Waals surface area contributed by atoms with Gasteiger partial charge >= 0.3 is 0 Å². The van der Waals surface area contributed by atoms with Gasteiger partial charge < -0.3 is 0 Å². The van der Waals surface area contributed by atoms with E-state index in [1.165, 1.54) is 26.2 Å². The van der Waals surface area contributed by atoms with Crippen LogP contribution in [0.15, 0.2) is 30.3 Å². The molecule has 2 aliphatic rings. The fourth-order valence-electron chi connectivity index (χ4n) is 1.66. The number of hydrogen-bond acceptors (Lipinski definition) is 3. The van der Waals surface area contributed by atoms with Crippen molar-refractivity contribution >= 4 is 5.78 Å². The van der Waals surface area contributed by atoms with Crippen LogP contribution in [-0.2, 0) is 0 Å². The molecule has 0 aromatic heterocycles. The highest BCUT2D eigenvalue weighted by atomic mass is 16.1. The van der Waals surface area contributed by atoms with Crippen LogP contribution in [-0.4, -0.2) is 42.0 Å². The quantitative estimate of drug-likeness (QED) is 0.646. The van der Waals surface area contributed by atoms with Crippen LogP contribution in [0.2, 0.25) is 0 Å². The molecule has 0 saturated carbocycles. The maximum atomic E-state index is 10.6. The van der Waals surface area contributed by atoms with Crippen molar-refractivity contribution in [3.8, 4) is 0 Å². The van der Waals surface area contributed by atoms with Gasteiger partial charge in [-0.3, -0.25) is 4.79 Å². The standard InChI is InChI=1S/C8H8O.C4H8N2/c1-7(9)8-5-3-2-4-6-8;1-2-6-4-3-5(1)6/h2-6H,1H3;1-4H2. The van der Waals surface area contributed by atoms with Crippen LogP contribution in [0.25, 0.3) is 0 Å². The summed E-state index contributed by atoms with van der Waals surface area (Å²) in [5, 5.41) is 4.72. The van der Waals surface area contributed by atoms with Gasteiger partial charge in [-0.15, -0.1) is 0 Å². The predicted octanol–water partition coefficient (Wildman–Crippen LogP) is 1.42. The Morgan fingerprint density at radius 3 is 1.67 bits per heavy atom. The number of benzene rings is 1. The Balaban J connectivity index is 0.000000121. The van der Waals surface area contributed by atoms with Crippen LogP contribution >= 0.6 is 0 Å². The summed E-state index contributed by atoms with van der Waals surface area (Å²) in [6.07, 6.45) is 0. The molecule has 0 aliphatic carbocycles. The first kappa shape index (κ1) is 10.3. The van der Waals surface area contributed by atoms with E-state index in [2.05, 4.69) is 10.0 Å². The third kappa shape index (κ3) is 2.43. The van der Waals surface area contributed by atoms with E-state index in [0.29, 0.717) is 0 Å². The summed E-state index contributed by atoms with van der Waals surface area (Å²) in [4.78, 5) is 10.6. The Hall–Kier alpha value is -1.19. The summed E-state index contributed by atoms with van der Waals surface area (Å²) in [5.41, 5.74) is 0.775. The third-order valence-electron chi connectivity index (χ3n) is 2.81. The number of hydrogen-bond donors (Lipinski definition) is 0. The second-order valence-electron chi connectivity index (χ2n) is 3.83. The van der Waals surface area contributed by atoms with Crippen molar-refractivity contribution in [1.29, 1.82) is 0 Å². The fourth-order valence-corrected chi connectivity index (χ4v) is 1.66. The van der Waals surface area contributed by atoms with Gasteiger partial charge in [-0.05, 0) is 6.92 Å². The monoisotopic (exact) mass is 204 g/mol. The van der Waals surface area contributed by atoms with Gasteiger partial charge in [0.25, 0.3) is 0 Å². The highest BCUT2D eigenvalue weighted by Gasteiger charge is 2.32. The summed E-state index contributed by atoms with van der Waals surface area (Å²) in [5.74, 6) is 0.121. The van der Waals surface area contributed by atoms with Gasteiger partial charge in [0.2, 0.25) is 0 Å². The van der Waals surface area contributed by atoms with Crippen LogP contribution in [0.1, 0.15) is 17.3 Å². The Morgan fingerprint density at radius 1 is 1.00 bits per heavy atom. The Labute approximate surface area is 90.3 Å². The highest BCUT2D eigenvalue weighted by molar-refractivity contribution is 5.93. The number of fused-ring (bicyclic) bond motifs is 1. The largest absolute Gasteiger partial charge is 0.295 e. The number of carbonyl (C=O) groups excluding carboxylic acids is 1. The summed E-state index contributed by atoms with van der Waals surface area (Å²) in [6.45, 7) is 6.84. The van der Waals surface area contributed by atoms with Crippen LogP contribution in [0.4, 0.5) is 0 Å². The van der Waals surface area contributed by atoms with E-state index < -0.39 is 0 Å². The van der Waals surface area contributed by atoms with Crippen molar-refractivity contribution in [3.05, 3.63) is 35.9 Å². The Bertz CT molecular complexity index is 319. The zero-order valence-electron chi connectivity index (χ0n) is 9.02. The minimum absolute atomic E-state index is 0.121. The van der Waals surface area contributed by atoms with Crippen molar-refractivity contribution in [2.75, 3.05) is 26.2 Å². The van der Waals surface area contributed by atoms with E-state index in [1.54, 1.807) is 6.92 Å². The van der Waals surface area contributed by atoms with E-state index in [1.807, 2.05) is 30.3 Å². The van der Waals surface area contributed by atoms with E-state index in [-0.39, 0.29) is 5.78 Å². The normalized spacial score (nSPS) is 19.0. The third-order valence-corrected chi connectivity index (χ3v) is 2.81. The molecule has 0 unspecified atom stereocenters. The van der Waals surface area contributed by atoms with E-state index >= 15 is 0 Å². The molecule has 2 fully saturated rings. The molecular formula is C12H16N2O. The second kappa shape index (κ2) is 4.55. The van der Waals surface area contributed by atoms with Crippen molar-refractivity contribution in [3.63, 3.8) is 0 Å². The molecule has 15 heavy (non-hydrogen) atoms. The number of ketones is 1. The maximum Gasteiger partial charge on any atom is 0.159 e. The van der Waals surface area contributed by atoms with Gasteiger partial charge in [0, 0.05) is 31.7 Å². The number of rotatable bonds is 1. The summed E-state index contributed by atoms with van der Waals surface area (Å²) < 4.78 is 0. The maximum absolute atomic E-state index is 10.6. The van der Waals surface area contributed by atoms with Crippen molar-refractivity contribution < 1.29 is 4.79 Å². The molecule has 80 valence electrons. The molecule has 2 aliphatic heterocycles. The molecule has 3 rings (SSSR count). The van der Waals surface area contributed by atoms with E-state index in [4.69, 9.17) is 0 Å². The van der Waals surface area contributed by atoms with Gasteiger partial charge in [-0.1, -0.05) is 30.3 Å². The fraction of sp³-hybridized carbons (Fsp3) is 0.417. The van der Waals surface area contributed by atoms with Gasteiger partial charge in [-0.25, -0.2) is 10.0 Å². The summed E-state index contributed by atoms with van der Waals surface area (Å²) in [7, 11) is 0. The smallest absolute Gasteiger partial charge is 0.159 e. The molecule has 1 aromatic rings. The predicted molar refractivity (Wildman–Crippen MR) is 59.6 cm³/mol. The molecule has 0 atom stereocenters. The van der Waals surface area contributed by atoms with E-state index in [0.717, 1.165) is 5.56 Å². The molecule has 0 amide bonds. The minimum Gasteiger partial charge on any atom is -0.295 e. The van der Waals surface area contributed by atoms with E-state index in [9.17, 15) is 4.79 Å². The van der Waals surface area contributed by atoms with Crippen molar-refractivity contribution in [2.24, 2.45) is 0 Å². The molecule has 0 N–H and O–H groups in total. The lowest BCUT2D eigenvalue weighted by Gasteiger charge is -2.52. The molecule has 3 heteroatoms. The molecular weight excluding hydrogens is 188 g/mol. The first-order chi connectivity index (χ1) is 7.27. The van der Waals surface area contributed by atoms with Gasteiger partial charge in [0.15, 0.2) is 5.78 Å². The molecule has 2 heterocycles. The van der Waals surface area contributed by atoms with Crippen LogP contribution in [0.3, 0.4) is 0 Å². The second-order valence-corrected chi connectivity index (χ2v) is 3.83. The first-order valence-electron chi connectivity index (χ1n) is 5.33. The highest BCUT2D eigenvalue weighted by Crippen LogP contribution is 2.16. The number of hydrazine groups is 1. The summed E-state index contributed by atoms with van der Waals surface area (Å²) >= 11 is 0. The molecule has 3 nitrogen and oxygen atoms in total. The average Bonchev–Trinajstić information content (AvgIpc) is 2.25. The van der Waals surface area contributed by atoms with Crippen LogP contribution in [0, 0.1) is 0 Å². The zero-order valence-corrected chi connectivity index (χ0v) is 9.02. The lowest BCUT2D eigenvalue weighted by Crippen LogP contribution is -2.68. The van der Waals surface area contributed by atoms with Crippen molar-refractivity contribution in [2.45, 2.75) is 6.92 Å². The average molecular weight is 204 g/mol. The van der Waals surface area contributed by atoms with Gasteiger partial charge in [0.05, 0.1) is 0 Å². The molecule has 0 spiro atoms. The Morgan fingerprint density at radius 2 is 1.47 bits per heavy atom. The number of carbonyl (C=O) groups is 1. The summed E-state index contributed by atoms with van der Waals surface area (Å²) in [6, 6.07) is 9.23. The van der Waals surface area contributed by atoms with Crippen LogP contribution < -0.4 is 0 Å². The minimum atomic E-state index is 0.121. The molecule has 0 bridgehead atoms.